The van der Waals surface area contributed by atoms with E-state index in [9.17, 15) is 0 Å². The summed E-state index contributed by atoms with van der Waals surface area (Å²) in [5.74, 6) is 0. The van der Waals surface area contributed by atoms with E-state index in [0.717, 1.165) is 29.9 Å². The number of hydrogen-bond donors (Lipinski definition) is 0. The Labute approximate surface area is 134 Å². The van der Waals surface area contributed by atoms with E-state index in [1.807, 2.05) is 29.0 Å². The van der Waals surface area contributed by atoms with E-state index in [4.69, 9.17) is 11.6 Å². The number of aryl methyl sites for hydroxylation is 1. The maximum atomic E-state index is 6.02. The predicted molar refractivity (Wildman–Crippen MR) is 84.7 cm³/mol. The van der Waals surface area contributed by atoms with Crippen LogP contribution >= 0.6 is 11.6 Å². The van der Waals surface area contributed by atoms with E-state index >= 15 is 0 Å². The van der Waals surface area contributed by atoms with Crippen molar-refractivity contribution in [1.82, 2.24) is 24.5 Å². The van der Waals surface area contributed by atoms with Crippen LogP contribution in [0.25, 0.3) is 0 Å². The zero-order valence-corrected chi connectivity index (χ0v) is 13.0. The van der Waals surface area contributed by atoms with Crippen molar-refractivity contribution in [3.63, 3.8) is 0 Å². The minimum absolute atomic E-state index is 0.157. The Morgan fingerprint density at radius 3 is 2.82 bits per heavy atom. The molecule has 3 aromatic rings. The van der Waals surface area contributed by atoms with E-state index in [1.165, 1.54) is 0 Å². The van der Waals surface area contributed by atoms with Crippen molar-refractivity contribution in [2.24, 2.45) is 0 Å². The predicted octanol–water partition coefficient (Wildman–Crippen LogP) is 3.31. The van der Waals surface area contributed by atoms with Crippen LogP contribution in [-0.2, 0) is 6.42 Å². The van der Waals surface area contributed by atoms with Gasteiger partial charge in [-0.25, -0.2) is 9.97 Å². The average molecular weight is 314 g/mol. The second-order valence-corrected chi connectivity index (χ2v) is 5.33. The van der Waals surface area contributed by atoms with Gasteiger partial charge in [0, 0.05) is 18.6 Å². The van der Waals surface area contributed by atoms with Crippen molar-refractivity contribution in [2.75, 3.05) is 0 Å². The van der Waals surface area contributed by atoms with Crippen molar-refractivity contribution in [3.05, 3.63) is 71.5 Å². The lowest BCUT2D eigenvalue weighted by molar-refractivity contribution is 0.622. The number of pyridine rings is 1. The van der Waals surface area contributed by atoms with Crippen LogP contribution in [0.4, 0.5) is 0 Å². The van der Waals surface area contributed by atoms with Gasteiger partial charge < -0.3 is 4.57 Å². The highest BCUT2D eigenvalue weighted by Gasteiger charge is 2.22. The maximum Gasteiger partial charge on any atom is 0.147 e. The summed E-state index contributed by atoms with van der Waals surface area (Å²) in [6, 6.07) is 5.69. The number of hydrogen-bond acceptors (Lipinski definition) is 4. The molecule has 3 aromatic heterocycles. The molecule has 112 valence electrons. The molecule has 3 heterocycles. The van der Waals surface area contributed by atoms with Gasteiger partial charge in [0.25, 0.3) is 0 Å². The fraction of sp³-hybridized carbons (Fsp3) is 0.250. The third-order valence-electron chi connectivity index (χ3n) is 3.38. The summed E-state index contributed by atoms with van der Waals surface area (Å²) in [5, 5.41) is 0.414. The first-order valence-corrected chi connectivity index (χ1v) is 7.57. The zero-order chi connectivity index (χ0) is 15.4. The molecule has 0 fully saturated rings. The van der Waals surface area contributed by atoms with E-state index in [2.05, 4.69) is 26.9 Å². The summed E-state index contributed by atoms with van der Waals surface area (Å²) in [6.07, 6.45) is 10.6. The van der Waals surface area contributed by atoms with Gasteiger partial charge in [-0.2, -0.15) is 0 Å². The highest BCUT2D eigenvalue weighted by atomic mass is 35.5. The molecule has 0 aromatic carbocycles. The summed E-state index contributed by atoms with van der Waals surface area (Å²) in [4.78, 5) is 17.6. The Bertz CT molecular complexity index is 728. The van der Waals surface area contributed by atoms with Gasteiger partial charge in [-0.15, -0.1) is 0 Å². The average Bonchev–Trinajstić information content (AvgIpc) is 3.05. The number of nitrogens with zero attached hydrogens (tertiary/aromatic N) is 5. The van der Waals surface area contributed by atoms with Gasteiger partial charge in [0.15, 0.2) is 0 Å². The lowest BCUT2D eigenvalue weighted by atomic mass is 10.0. The quantitative estimate of drug-likeness (QED) is 0.725. The Morgan fingerprint density at radius 2 is 2.14 bits per heavy atom. The third kappa shape index (κ3) is 2.99. The second-order valence-electron chi connectivity index (χ2n) is 4.94. The molecule has 6 heteroatoms. The van der Waals surface area contributed by atoms with Crippen molar-refractivity contribution in [2.45, 2.75) is 25.8 Å². The first-order chi connectivity index (χ1) is 10.8. The summed E-state index contributed by atoms with van der Waals surface area (Å²) >= 11 is 6.02. The molecule has 3 rings (SSSR count). The number of halogens is 1. The highest BCUT2D eigenvalue weighted by molar-refractivity contribution is 6.29. The van der Waals surface area contributed by atoms with Crippen molar-refractivity contribution in [1.29, 1.82) is 0 Å². The first kappa shape index (κ1) is 14.7. The Hall–Kier alpha value is -2.27. The minimum Gasteiger partial charge on any atom is -0.323 e. The van der Waals surface area contributed by atoms with Crippen LogP contribution in [0, 0.1) is 0 Å². The molecule has 0 amide bonds. The molecule has 0 aliphatic carbocycles. The Kier molecular flexibility index (Phi) is 4.44. The van der Waals surface area contributed by atoms with Gasteiger partial charge in [0.1, 0.15) is 11.2 Å². The lowest BCUT2D eigenvalue weighted by Gasteiger charge is -2.20. The molecule has 0 saturated heterocycles. The Morgan fingerprint density at radius 1 is 1.23 bits per heavy atom. The summed E-state index contributed by atoms with van der Waals surface area (Å²) < 4.78 is 1.99. The van der Waals surface area contributed by atoms with Gasteiger partial charge in [0.2, 0.25) is 0 Å². The normalized spacial score (nSPS) is 12.3. The standard InChI is InChI=1S/C16H16ClN5/c1-2-5-12-15(20-10-14(17)21-12)16(22-9-8-18-11-22)13-6-3-4-7-19-13/h3-4,6-11,16H,2,5H2,1H3. The molecule has 0 spiro atoms. The number of aromatic nitrogens is 5. The molecule has 0 aliphatic heterocycles. The Balaban J connectivity index is 2.15. The van der Waals surface area contributed by atoms with Crippen LogP contribution in [-0.4, -0.2) is 24.5 Å². The SMILES string of the molecule is CCCc1nc(Cl)cnc1C(c1ccccn1)n1ccnc1. The van der Waals surface area contributed by atoms with Gasteiger partial charge in [-0.1, -0.05) is 31.0 Å². The summed E-state index contributed by atoms with van der Waals surface area (Å²) in [7, 11) is 0. The van der Waals surface area contributed by atoms with Crippen molar-refractivity contribution >= 4 is 11.6 Å². The van der Waals surface area contributed by atoms with E-state index in [1.54, 1.807) is 24.9 Å². The van der Waals surface area contributed by atoms with Crippen molar-refractivity contribution in [3.8, 4) is 0 Å². The fourth-order valence-corrected chi connectivity index (χ4v) is 2.61. The van der Waals surface area contributed by atoms with E-state index < -0.39 is 0 Å². The molecule has 1 atom stereocenters. The largest absolute Gasteiger partial charge is 0.323 e. The minimum atomic E-state index is -0.157. The van der Waals surface area contributed by atoms with E-state index in [0.29, 0.717) is 5.15 Å². The fourth-order valence-electron chi connectivity index (χ4n) is 2.46. The molecular formula is C16H16ClN5. The zero-order valence-electron chi connectivity index (χ0n) is 12.2. The lowest BCUT2D eigenvalue weighted by Crippen LogP contribution is -2.17. The molecular weight excluding hydrogens is 298 g/mol. The summed E-state index contributed by atoms with van der Waals surface area (Å²) in [5.41, 5.74) is 2.66. The number of imidazole rings is 1. The van der Waals surface area contributed by atoms with E-state index in [-0.39, 0.29) is 6.04 Å². The monoisotopic (exact) mass is 313 g/mol. The van der Waals surface area contributed by atoms with Crippen LogP contribution in [0.5, 0.6) is 0 Å². The molecule has 0 aliphatic rings. The smallest absolute Gasteiger partial charge is 0.147 e. The highest BCUT2D eigenvalue weighted by Crippen LogP contribution is 2.26. The van der Waals surface area contributed by atoms with Crippen LogP contribution in [0.15, 0.2) is 49.3 Å². The van der Waals surface area contributed by atoms with Crippen molar-refractivity contribution < 1.29 is 0 Å². The topological polar surface area (TPSA) is 56.5 Å². The summed E-state index contributed by atoms with van der Waals surface area (Å²) in [6.45, 7) is 2.11. The van der Waals surface area contributed by atoms with Gasteiger partial charge in [0.05, 0.1) is 29.6 Å². The number of rotatable bonds is 5. The van der Waals surface area contributed by atoms with Crippen LogP contribution < -0.4 is 0 Å². The van der Waals surface area contributed by atoms with Gasteiger partial charge in [-0.3, -0.25) is 9.97 Å². The second kappa shape index (κ2) is 6.66. The molecule has 22 heavy (non-hydrogen) atoms. The molecule has 0 N–H and O–H groups in total. The van der Waals surface area contributed by atoms with Crippen LogP contribution in [0.3, 0.4) is 0 Å². The molecule has 0 radical (unpaired) electrons. The van der Waals surface area contributed by atoms with Gasteiger partial charge >= 0.3 is 0 Å². The molecule has 0 saturated carbocycles. The maximum absolute atomic E-state index is 6.02. The molecule has 5 nitrogen and oxygen atoms in total. The van der Waals surface area contributed by atoms with Crippen LogP contribution in [0.2, 0.25) is 5.15 Å². The molecule has 1 unspecified atom stereocenters. The van der Waals surface area contributed by atoms with Gasteiger partial charge in [-0.05, 0) is 18.6 Å². The van der Waals surface area contributed by atoms with Crippen LogP contribution in [0.1, 0.15) is 36.5 Å². The first-order valence-electron chi connectivity index (χ1n) is 7.19. The molecule has 0 bridgehead atoms. The third-order valence-corrected chi connectivity index (χ3v) is 3.57.